The number of aliphatic hydroxyl groups is 1. The van der Waals surface area contributed by atoms with Gasteiger partial charge in [0, 0.05) is 17.0 Å². The van der Waals surface area contributed by atoms with E-state index in [1.165, 1.54) is 0 Å². The Morgan fingerprint density at radius 2 is 1.94 bits per heavy atom. The summed E-state index contributed by atoms with van der Waals surface area (Å²) in [6.45, 7) is 1.83. The van der Waals surface area contributed by atoms with E-state index in [9.17, 15) is 9.90 Å². The number of ketones is 1. The monoisotopic (exact) mass is 429 g/mol. The number of methoxy groups -OCH3 is 1. The molecule has 1 unspecified atom stereocenters. The molecule has 0 amide bonds. The fraction of sp³-hybridized carbons (Fsp3) is 0.240. The van der Waals surface area contributed by atoms with Gasteiger partial charge in [-0.2, -0.15) is 10.8 Å². The predicted molar refractivity (Wildman–Crippen MR) is 122 cm³/mol. The first kappa shape index (κ1) is 20.5. The van der Waals surface area contributed by atoms with E-state index >= 15 is 0 Å². The first-order valence-corrected chi connectivity index (χ1v) is 10.6. The molecular weight excluding hydrogens is 404 g/mol. The van der Waals surface area contributed by atoms with Crippen LogP contribution in [0.5, 0.6) is 5.75 Å². The number of hydrogen-bond acceptors (Lipinski definition) is 6. The zero-order valence-electron chi connectivity index (χ0n) is 18.0. The number of fused-ring (bicyclic) bond motifs is 1. The largest absolute Gasteiger partial charge is 0.496 e. The molecule has 2 aliphatic heterocycles. The number of nitrogens with zero attached hydrogens (tertiary/aromatic N) is 3. The lowest BCUT2D eigenvalue weighted by Gasteiger charge is -2.40. The molecule has 2 aromatic carbocycles. The van der Waals surface area contributed by atoms with E-state index in [1.807, 2.05) is 31.2 Å². The van der Waals surface area contributed by atoms with Gasteiger partial charge in [0.1, 0.15) is 23.2 Å². The van der Waals surface area contributed by atoms with Gasteiger partial charge in [-0.15, -0.1) is 4.59 Å². The van der Waals surface area contributed by atoms with Gasteiger partial charge in [-0.3, -0.25) is 9.79 Å². The van der Waals surface area contributed by atoms with Crippen molar-refractivity contribution in [3.8, 4) is 5.75 Å². The summed E-state index contributed by atoms with van der Waals surface area (Å²) >= 11 is 0. The molecule has 1 atom stereocenters. The van der Waals surface area contributed by atoms with Crippen molar-refractivity contribution in [2.24, 2.45) is 21.7 Å². The van der Waals surface area contributed by atoms with Crippen LogP contribution in [0.25, 0.3) is 0 Å². The van der Waals surface area contributed by atoms with Crippen LogP contribution in [-0.2, 0) is 0 Å². The van der Waals surface area contributed by atoms with Gasteiger partial charge < -0.3 is 9.84 Å². The van der Waals surface area contributed by atoms with Gasteiger partial charge in [0.15, 0.2) is 5.78 Å². The summed E-state index contributed by atoms with van der Waals surface area (Å²) in [5.74, 6) is 7.96. The van der Waals surface area contributed by atoms with Gasteiger partial charge >= 0.3 is 0 Å². The van der Waals surface area contributed by atoms with Crippen molar-refractivity contribution < 1.29 is 19.2 Å². The quantitative estimate of drug-likeness (QED) is 0.433. The third-order valence-electron chi connectivity index (χ3n) is 6.32. The van der Waals surface area contributed by atoms with Gasteiger partial charge in [0.05, 0.1) is 25.1 Å². The second-order valence-corrected chi connectivity index (χ2v) is 8.77. The Morgan fingerprint density at radius 1 is 1.19 bits per heavy atom. The molecule has 3 aliphatic rings. The second kappa shape index (κ2) is 7.34. The van der Waals surface area contributed by atoms with Gasteiger partial charge in [-0.25, -0.2) is 0 Å². The minimum Gasteiger partial charge on any atom is -0.496 e. The standard InChI is InChI=1S/C25H25N4O3/c1-25(31)13-18(14-25)22-20-15-27-10-11-29(20,26)24(28-22)19-9-8-17(12-21(19)32-2)23(30)16-6-4-3-5-7-16/h3-12,15,18,31H,13-14,26H2,1-2H3/q+1. The van der Waals surface area contributed by atoms with Crippen molar-refractivity contribution in [3.63, 3.8) is 0 Å². The maximum atomic E-state index is 12.9. The van der Waals surface area contributed by atoms with Crippen LogP contribution in [0, 0.1) is 5.92 Å². The molecule has 1 saturated carbocycles. The van der Waals surface area contributed by atoms with Gasteiger partial charge in [0.25, 0.3) is 5.84 Å². The first-order chi connectivity index (χ1) is 15.3. The number of nitrogens with two attached hydrogens (primary N) is 1. The Morgan fingerprint density at radius 3 is 2.62 bits per heavy atom. The zero-order chi connectivity index (χ0) is 22.5. The van der Waals surface area contributed by atoms with Crippen molar-refractivity contribution in [1.82, 2.24) is 0 Å². The summed E-state index contributed by atoms with van der Waals surface area (Å²) in [6, 6.07) is 14.5. The van der Waals surface area contributed by atoms with Crippen LogP contribution in [0.2, 0.25) is 0 Å². The van der Waals surface area contributed by atoms with E-state index in [4.69, 9.17) is 15.6 Å². The number of aliphatic imine (C=N–C) groups is 2. The van der Waals surface area contributed by atoms with Crippen molar-refractivity contribution in [2.45, 2.75) is 25.4 Å². The Kier molecular flexibility index (Phi) is 4.70. The topological polar surface area (TPSA) is 97.3 Å². The number of amidine groups is 1. The lowest BCUT2D eigenvalue weighted by molar-refractivity contribution is -0.750. The second-order valence-electron chi connectivity index (χ2n) is 8.77. The summed E-state index contributed by atoms with van der Waals surface area (Å²) in [5, 5.41) is 10.2. The van der Waals surface area contributed by atoms with E-state index in [2.05, 4.69) is 4.99 Å². The average molecular weight is 430 g/mol. The van der Waals surface area contributed by atoms with E-state index < -0.39 is 5.60 Å². The van der Waals surface area contributed by atoms with E-state index in [-0.39, 0.29) is 16.3 Å². The van der Waals surface area contributed by atoms with Crippen molar-refractivity contribution >= 4 is 17.8 Å². The molecular formula is C25H25N4O3+. The fourth-order valence-corrected chi connectivity index (χ4v) is 4.66. The molecule has 1 aliphatic carbocycles. The molecule has 0 aromatic heterocycles. The summed E-state index contributed by atoms with van der Waals surface area (Å²) in [5.41, 5.74) is 2.79. The molecule has 0 radical (unpaired) electrons. The summed E-state index contributed by atoms with van der Waals surface area (Å²) < 4.78 is 5.54. The molecule has 2 heterocycles. The third-order valence-corrected chi connectivity index (χ3v) is 6.32. The SMILES string of the molecule is COc1cc(C(=O)c2ccccc2)ccc1C1=NC(C2CC(C)(O)C2)=C2C=NC=C[N+]12N. The highest BCUT2D eigenvalue weighted by Crippen LogP contribution is 2.47. The number of hydrogen-bond donors (Lipinski definition) is 2. The molecule has 0 spiro atoms. The number of quaternary nitrogens is 1. The van der Waals surface area contributed by atoms with E-state index in [0.717, 1.165) is 11.4 Å². The number of ether oxygens (including phenoxy) is 1. The van der Waals surface area contributed by atoms with Crippen molar-refractivity contribution in [1.29, 1.82) is 0 Å². The highest BCUT2D eigenvalue weighted by atomic mass is 16.5. The van der Waals surface area contributed by atoms with Gasteiger partial charge in [-0.05, 0) is 38.0 Å². The Balaban J connectivity index is 1.55. The smallest absolute Gasteiger partial charge is 0.268 e. The molecule has 0 bridgehead atoms. The normalized spacial score (nSPS) is 28.2. The maximum Gasteiger partial charge on any atom is 0.268 e. The van der Waals surface area contributed by atoms with Crippen LogP contribution >= 0.6 is 0 Å². The van der Waals surface area contributed by atoms with Gasteiger partial charge in [0.2, 0.25) is 5.70 Å². The Hall–Kier alpha value is -3.39. The molecule has 7 heteroatoms. The Bertz CT molecular complexity index is 1220. The van der Waals surface area contributed by atoms with E-state index in [0.29, 0.717) is 41.1 Å². The number of rotatable bonds is 5. The summed E-state index contributed by atoms with van der Waals surface area (Å²) in [4.78, 5) is 22.1. The van der Waals surface area contributed by atoms with Crippen molar-refractivity contribution in [2.75, 3.05) is 7.11 Å². The molecule has 5 rings (SSSR count). The maximum absolute atomic E-state index is 12.9. The molecule has 2 aromatic rings. The van der Waals surface area contributed by atoms with Crippen LogP contribution in [-0.4, -0.2) is 40.2 Å². The molecule has 1 fully saturated rings. The van der Waals surface area contributed by atoms with Crippen LogP contribution in [0.3, 0.4) is 0 Å². The minimum absolute atomic E-state index is 0.0818. The zero-order valence-corrected chi connectivity index (χ0v) is 18.0. The minimum atomic E-state index is -0.681. The van der Waals surface area contributed by atoms with Crippen LogP contribution in [0.4, 0.5) is 0 Å². The fourth-order valence-electron chi connectivity index (χ4n) is 4.66. The average Bonchev–Trinajstić information content (AvgIpc) is 3.09. The predicted octanol–water partition coefficient (Wildman–Crippen LogP) is 3.31. The molecule has 3 N–H and O–H groups in total. The van der Waals surface area contributed by atoms with Crippen LogP contribution in [0.15, 0.2) is 82.3 Å². The van der Waals surface area contributed by atoms with E-state index in [1.54, 1.807) is 50.0 Å². The summed E-state index contributed by atoms with van der Waals surface area (Å²) in [6.07, 6.45) is 6.42. The first-order valence-electron chi connectivity index (χ1n) is 10.6. The molecule has 0 saturated heterocycles. The van der Waals surface area contributed by atoms with Crippen LogP contribution < -0.4 is 10.6 Å². The molecule has 32 heavy (non-hydrogen) atoms. The molecule has 7 nitrogen and oxygen atoms in total. The third kappa shape index (κ3) is 3.22. The number of benzene rings is 2. The summed E-state index contributed by atoms with van der Waals surface area (Å²) in [7, 11) is 1.57. The highest BCUT2D eigenvalue weighted by molar-refractivity contribution is 6.10. The Labute approximate surface area is 186 Å². The number of allylic oxidation sites excluding steroid dienone is 2. The number of carbonyl (C=O) groups excluding carboxylic acids is 1. The van der Waals surface area contributed by atoms with Gasteiger partial charge in [-0.1, -0.05) is 30.3 Å². The van der Waals surface area contributed by atoms with Crippen molar-refractivity contribution in [3.05, 3.63) is 89.0 Å². The highest BCUT2D eigenvalue weighted by Gasteiger charge is 2.51. The lowest BCUT2D eigenvalue weighted by Crippen LogP contribution is -2.53. The number of carbonyl (C=O) groups is 1. The van der Waals surface area contributed by atoms with Crippen LogP contribution in [0.1, 0.15) is 41.3 Å². The lowest BCUT2D eigenvalue weighted by atomic mass is 9.70. The molecule has 162 valence electrons.